The topological polar surface area (TPSA) is 148 Å². The van der Waals surface area contributed by atoms with E-state index in [1.807, 2.05) is 49.7 Å². The molecule has 5 aliphatic heterocycles. The number of amides is 4. The van der Waals surface area contributed by atoms with Crippen molar-refractivity contribution in [3.8, 4) is 5.69 Å². The largest absolute Gasteiger partial charge is 0.388 e. The van der Waals surface area contributed by atoms with Crippen molar-refractivity contribution in [2.45, 2.75) is 95.8 Å². The number of rotatable bonds is 11. The summed E-state index contributed by atoms with van der Waals surface area (Å²) in [5.41, 5.74) is 5.19. The number of anilines is 2. The number of imide groups is 1. The number of carbonyl (C=O) groups excluding carboxylic acids is 4. The van der Waals surface area contributed by atoms with Crippen LogP contribution in [0.25, 0.3) is 16.7 Å². The predicted molar refractivity (Wildman–Crippen MR) is 268 cm³/mol. The second-order valence-corrected chi connectivity index (χ2v) is 21.0. The molecule has 10 rings (SSSR count). The summed E-state index contributed by atoms with van der Waals surface area (Å²) in [7, 11) is 3.73. The Morgan fingerprint density at radius 3 is 2.28 bits per heavy atom. The first-order valence-corrected chi connectivity index (χ1v) is 25.2. The summed E-state index contributed by atoms with van der Waals surface area (Å²) in [6.07, 6.45) is 6.77. The molecule has 71 heavy (non-hydrogen) atoms. The number of nitrogens with one attached hydrogen (secondary N) is 2. The van der Waals surface area contributed by atoms with Gasteiger partial charge in [-0.2, -0.15) is 0 Å². The highest BCUT2D eigenvalue weighted by Crippen LogP contribution is 2.44. The summed E-state index contributed by atoms with van der Waals surface area (Å²) >= 11 is 0. The lowest BCUT2D eigenvalue weighted by Gasteiger charge is -2.42. The quantitative estimate of drug-likeness (QED) is 0.153. The van der Waals surface area contributed by atoms with Gasteiger partial charge in [-0.05, 0) is 125 Å². The van der Waals surface area contributed by atoms with Gasteiger partial charge in [0.1, 0.15) is 23.3 Å². The van der Waals surface area contributed by atoms with E-state index in [0.717, 1.165) is 90.5 Å². The van der Waals surface area contributed by atoms with Crippen molar-refractivity contribution < 1.29 is 28.0 Å². The maximum absolute atomic E-state index is 15.9. The van der Waals surface area contributed by atoms with Gasteiger partial charge in [0, 0.05) is 131 Å². The molecule has 5 aromatic rings. The molecule has 8 heterocycles. The number of halogens is 2. The van der Waals surface area contributed by atoms with Crippen LogP contribution >= 0.6 is 0 Å². The molecule has 4 saturated heterocycles. The molecular weight excluding hydrogens is 907 g/mol. The Morgan fingerprint density at radius 2 is 1.59 bits per heavy atom. The van der Waals surface area contributed by atoms with Crippen LogP contribution in [0.3, 0.4) is 0 Å². The zero-order valence-corrected chi connectivity index (χ0v) is 41.3. The maximum Gasteiger partial charge on any atom is 0.257 e. The van der Waals surface area contributed by atoms with Gasteiger partial charge in [-0.15, -0.1) is 0 Å². The van der Waals surface area contributed by atoms with E-state index < -0.39 is 29.0 Å². The minimum atomic E-state index is -0.796. The third-order valence-electron chi connectivity index (χ3n) is 16.1. The zero-order valence-electron chi connectivity index (χ0n) is 41.3. The molecule has 4 fully saturated rings. The Morgan fingerprint density at radius 1 is 0.845 bits per heavy atom. The van der Waals surface area contributed by atoms with Crippen LogP contribution in [-0.4, -0.2) is 129 Å². The van der Waals surface area contributed by atoms with Crippen LogP contribution in [0.5, 0.6) is 0 Å². The highest BCUT2D eigenvalue weighted by atomic mass is 19.1. The van der Waals surface area contributed by atoms with E-state index in [1.165, 1.54) is 12.1 Å². The lowest BCUT2D eigenvalue weighted by atomic mass is 9.85. The van der Waals surface area contributed by atoms with Crippen molar-refractivity contribution in [1.82, 2.24) is 39.0 Å². The molecule has 0 unspecified atom stereocenters. The van der Waals surface area contributed by atoms with E-state index in [0.29, 0.717) is 63.9 Å². The number of piperazine rings is 1. The van der Waals surface area contributed by atoms with E-state index in [4.69, 9.17) is 0 Å². The van der Waals surface area contributed by atoms with Crippen molar-refractivity contribution in [2.75, 3.05) is 69.6 Å². The van der Waals surface area contributed by atoms with Gasteiger partial charge in [-0.25, -0.2) is 13.8 Å². The highest BCUT2D eigenvalue weighted by molar-refractivity contribution is 6.13. The molecule has 0 spiro atoms. The fraction of sp³-hybridized carbons (Fsp3) is 0.481. The average Bonchev–Trinajstić information content (AvgIpc) is 3.77. The third-order valence-corrected chi connectivity index (χ3v) is 16.1. The number of pyridine rings is 2. The molecule has 0 bridgehead atoms. The number of hydrogen-bond acceptors (Lipinski definition) is 10. The number of carbonyl (C=O) groups is 4. The van der Waals surface area contributed by atoms with Gasteiger partial charge in [0.15, 0.2) is 0 Å². The molecule has 2 aromatic carbocycles. The summed E-state index contributed by atoms with van der Waals surface area (Å²) in [5, 5.41) is 6.26. The molecule has 2 N–H and O–H groups in total. The normalized spacial score (nSPS) is 21.8. The van der Waals surface area contributed by atoms with Crippen LogP contribution in [0.4, 0.5) is 20.2 Å². The number of hydrogen-bond donors (Lipinski definition) is 2. The standard InChI is InChI=1S/C54H64F2N10O5/c1-33-29-62(30-35-6-7-45-41(24-35)54(2,3)53(71)66(45)46-8-9-47(67)59-51(46)69)22-23-64(33)31-34-11-19-63(20-12-34)52(70)37-25-42(55)49(43(56)26-37)36-13-17-61(18-14-36)32-39-28-40-44(10-16-58-50(40)60(39)5)65-21-15-38(57-4)27-48(65)68/h6-7,10,15-16,21,24-28,33-34,36,46,57H,8-9,11-14,17-20,22-23,29-32H2,1-5H3,(H,59,67,69)/t33-,46-/m0/s1. The first kappa shape index (κ1) is 48.3. The van der Waals surface area contributed by atoms with Gasteiger partial charge in [0.25, 0.3) is 11.5 Å². The molecule has 374 valence electrons. The van der Waals surface area contributed by atoms with Crippen LogP contribution in [0, 0.1) is 17.6 Å². The minimum absolute atomic E-state index is 0.0542. The van der Waals surface area contributed by atoms with E-state index in [2.05, 4.69) is 49.4 Å². The number of fused-ring (bicyclic) bond motifs is 2. The highest BCUT2D eigenvalue weighted by Gasteiger charge is 2.49. The van der Waals surface area contributed by atoms with Crippen LogP contribution in [0.15, 0.2) is 71.8 Å². The van der Waals surface area contributed by atoms with E-state index in [1.54, 1.807) is 39.9 Å². The first-order valence-electron chi connectivity index (χ1n) is 25.2. The van der Waals surface area contributed by atoms with Crippen LogP contribution in [-0.2, 0) is 39.9 Å². The van der Waals surface area contributed by atoms with E-state index in [-0.39, 0.29) is 46.7 Å². The Balaban J connectivity index is 0.696. The number of piperidine rings is 3. The molecule has 15 nitrogen and oxygen atoms in total. The van der Waals surface area contributed by atoms with Gasteiger partial charge in [-0.3, -0.25) is 53.5 Å². The Labute approximate surface area is 412 Å². The Bertz CT molecular complexity index is 2950. The van der Waals surface area contributed by atoms with Crippen LogP contribution in [0.1, 0.15) is 98.0 Å². The molecule has 2 atom stereocenters. The summed E-state index contributed by atoms with van der Waals surface area (Å²) in [4.78, 5) is 80.1. The number of aryl methyl sites for hydroxylation is 1. The van der Waals surface area contributed by atoms with Crippen molar-refractivity contribution in [2.24, 2.45) is 13.0 Å². The number of likely N-dealkylation sites (tertiary alicyclic amines) is 2. The minimum Gasteiger partial charge on any atom is -0.388 e. The number of benzene rings is 2. The Kier molecular flexibility index (Phi) is 13.2. The second kappa shape index (κ2) is 19.4. The van der Waals surface area contributed by atoms with Crippen molar-refractivity contribution in [3.05, 3.63) is 117 Å². The molecular formula is C54H64F2N10O5. The second-order valence-electron chi connectivity index (χ2n) is 21.0. The van der Waals surface area contributed by atoms with E-state index >= 15 is 8.78 Å². The average molecular weight is 971 g/mol. The smallest absolute Gasteiger partial charge is 0.257 e. The molecule has 17 heteroatoms. The molecule has 0 aliphatic carbocycles. The lowest BCUT2D eigenvalue weighted by molar-refractivity contribution is -0.136. The summed E-state index contributed by atoms with van der Waals surface area (Å²) < 4.78 is 35.4. The van der Waals surface area contributed by atoms with E-state index in [9.17, 15) is 24.0 Å². The van der Waals surface area contributed by atoms with Gasteiger partial charge in [-0.1, -0.05) is 12.1 Å². The fourth-order valence-electron chi connectivity index (χ4n) is 11.9. The van der Waals surface area contributed by atoms with Crippen LogP contribution < -0.4 is 21.1 Å². The number of nitrogens with zero attached hydrogens (tertiary/aromatic N) is 8. The predicted octanol–water partition coefficient (Wildman–Crippen LogP) is 5.91. The van der Waals surface area contributed by atoms with Crippen molar-refractivity contribution in [3.63, 3.8) is 0 Å². The molecule has 4 amide bonds. The van der Waals surface area contributed by atoms with Gasteiger partial charge in [0.05, 0.1) is 11.1 Å². The number of aromatic nitrogens is 3. The zero-order chi connectivity index (χ0) is 49.9. The van der Waals surface area contributed by atoms with Gasteiger partial charge in [0.2, 0.25) is 17.7 Å². The molecule has 0 saturated carbocycles. The first-order chi connectivity index (χ1) is 34.1. The SMILES string of the molecule is CNc1ccn(-c2ccnc3c2cc(CN2CCC(c4c(F)cc(C(=O)N5CCC(CN6CCN(Cc7ccc8c(c7)C(C)(C)C(=O)N8[C@H]7CCC(=O)NC7=O)C[C@@H]6C)CC5)cc4F)CC2)n3C)c(=O)c1. The van der Waals surface area contributed by atoms with Crippen molar-refractivity contribution >= 4 is 46.0 Å². The molecule has 0 radical (unpaired) electrons. The van der Waals surface area contributed by atoms with Crippen molar-refractivity contribution in [1.29, 1.82) is 0 Å². The summed E-state index contributed by atoms with van der Waals surface area (Å²) in [5.74, 6) is -2.42. The third kappa shape index (κ3) is 9.27. The molecule has 5 aliphatic rings. The summed E-state index contributed by atoms with van der Waals surface area (Å²) in [6, 6.07) is 15.5. The fourth-order valence-corrected chi connectivity index (χ4v) is 11.9. The molecule has 3 aromatic heterocycles. The van der Waals surface area contributed by atoms with Crippen LogP contribution in [0.2, 0.25) is 0 Å². The van der Waals surface area contributed by atoms with Gasteiger partial charge >= 0.3 is 0 Å². The monoisotopic (exact) mass is 971 g/mol. The van der Waals surface area contributed by atoms with Gasteiger partial charge < -0.3 is 14.8 Å². The Hall–Kier alpha value is -6.30. The summed E-state index contributed by atoms with van der Waals surface area (Å²) in [6.45, 7) is 13.4. The maximum atomic E-state index is 15.9. The lowest BCUT2D eigenvalue weighted by Crippen LogP contribution is -2.55.